The van der Waals surface area contributed by atoms with E-state index in [4.69, 9.17) is 0 Å². The summed E-state index contributed by atoms with van der Waals surface area (Å²) in [7, 11) is 0. The van der Waals surface area contributed by atoms with Crippen molar-refractivity contribution in [2.45, 2.75) is 12.7 Å². The maximum Gasteiger partial charge on any atom is 0.416 e. The molecule has 0 bridgehead atoms. The zero-order chi connectivity index (χ0) is 13.5. The minimum Gasteiger partial charge on any atom is -0.340 e. The van der Waals surface area contributed by atoms with Gasteiger partial charge in [-0.25, -0.2) is 14.6 Å². The molecule has 2 heterocycles. The number of fused-ring (bicyclic) bond motifs is 1. The third kappa shape index (κ3) is 2.28. The monoisotopic (exact) mass is 267 g/mol. The van der Waals surface area contributed by atoms with Crippen LogP contribution in [0.3, 0.4) is 0 Å². The smallest absolute Gasteiger partial charge is 0.340 e. The van der Waals surface area contributed by atoms with Crippen LogP contribution in [-0.2, 0) is 12.7 Å². The van der Waals surface area contributed by atoms with Crippen molar-refractivity contribution in [2.24, 2.45) is 0 Å². The van der Waals surface area contributed by atoms with Crippen molar-refractivity contribution < 1.29 is 13.2 Å². The Hall–Kier alpha value is -2.38. The van der Waals surface area contributed by atoms with Crippen molar-refractivity contribution >= 4 is 11.0 Å². The second kappa shape index (κ2) is 4.08. The van der Waals surface area contributed by atoms with Crippen LogP contribution in [0.5, 0.6) is 0 Å². The Balaban J connectivity index is 1.97. The fourth-order valence-electron chi connectivity index (χ4n) is 1.78. The van der Waals surface area contributed by atoms with Crippen LogP contribution in [-0.4, -0.2) is 24.7 Å². The van der Waals surface area contributed by atoms with Crippen LogP contribution in [0.1, 0.15) is 11.4 Å². The lowest BCUT2D eigenvalue weighted by Crippen LogP contribution is -2.04. The van der Waals surface area contributed by atoms with E-state index in [2.05, 4.69) is 20.1 Å². The SMILES string of the molecule is FC(F)(F)c1ccc2nc(Cn3cncn3)[nH]c2c1. The van der Waals surface area contributed by atoms with Gasteiger partial charge in [0.1, 0.15) is 25.0 Å². The number of hydrogen-bond donors (Lipinski definition) is 1. The van der Waals surface area contributed by atoms with Crippen molar-refractivity contribution in [2.75, 3.05) is 0 Å². The van der Waals surface area contributed by atoms with Crippen molar-refractivity contribution in [3.63, 3.8) is 0 Å². The molecule has 0 fully saturated rings. The highest BCUT2D eigenvalue weighted by atomic mass is 19.4. The van der Waals surface area contributed by atoms with Crippen molar-refractivity contribution in [3.8, 4) is 0 Å². The summed E-state index contributed by atoms with van der Waals surface area (Å²) in [5, 5.41) is 3.90. The average Bonchev–Trinajstić information content (AvgIpc) is 2.95. The summed E-state index contributed by atoms with van der Waals surface area (Å²) in [4.78, 5) is 10.8. The molecule has 2 aromatic heterocycles. The molecule has 0 spiro atoms. The van der Waals surface area contributed by atoms with Crippen LogP contribution in [0.15, 0.2) is 30.9 Å². The Morgan fingerprint density at radius 2 is 2.11 bits per heavy atom. The number of aromatic nitrogens is 5. The number of aromatic amines is 1. The van der Waals surface area contributed by atoms with E-state index >= 15 is 0 Å². The van der Waals surface area contributed by atoms with E-state index in [-0.39, 0.29) is 0 Å². The van der Waals surface area contributed by atoms with Gasteiger partial charge in [0.15, 0.2) is 0 Å². The molecule has 0 radical (unpaired) electrons. The fourth-order valence-corrected chi connectivity index (χ4v) is 1.78. The summed E-state index contributed by atoms with van der Waals surface area (Å²) in [6.07, 6.45) is -1.47. The predicted octanol–water partition coefficient (Wildman–Crippen LogP) is 2.22. The third-order valence-corrected chi connectivity index (χ3v) is 2.64. The van der Waals surface area contributed by atoms with Gasteiger partial charge < -0.3 is 4.98 Å². The first-order chi connectivity index (χ1) is 9.02. The Labute approximate surface area is 105 Å². The lowest BCUT2D eigenvalue weighted by molar-refractivity contribution is -0.137. The number of rotatable bonds is 2. The minimum atomic E-state index is -4.36. The van der Waals surface area contributed by atoms with Gasteiger partial charge in [-0.1, -0.05) is 0 Å². The molecule has 3 aromatic rings. The molecule has 0 amide bonds. The number of benzene rings is 1. The summed E-state index contributed by atoms with van der Waals surface area (Å²) in [6.45, 7) is 0.329. The summed E-state index contributed by atoms with van der Waals surface area (Å²) >= 11 is 0. The summed E-state index contributed by atoms with van der Waals surface area (Å²) < 4.78 is 39.2. The molecule has 0 aliphatic heterocycles. The lowest BCUT2D eigenvalue weighted by atomic mass is 10.2. The number of H-pyrrole nitrogens is 1. The Bertz CT molecular complexity index is 699. The quantitative estimate of drug-likeness (QED) is 0.774. The maximum absolute atomic E-state index is 12.6. The van der Waals surface area contributed by atoms with E-state index in [9.17, 15) is 13.2 Å². The zero-order valence-corrected chi connectivity index (χ0v) is 9.52. The van der Waals surface area contributed by atoms with Gasteiger partial charge in [0.2, 0.25) is 0 Å². The van der Waals surface area contributed by atoms with Gasteiger partial charge in [0, 0.05) is 0 Å². The minimum absolute atomic E-state index is 0.329. The van der Waals surface area contributed by atoms with Crippen LogP contribution in [0, 0.1) is 0 Å². The first kappa shape index (κ1) is 11.7. The molecule has 19 heavy (non-hydrogen) atoms. The normalized spacial score (nSPS) is 12.2. The molecule has 0 atom stereocenters. The van der Waals surface area contributed by atoms with E-state index in [1.807, 2.05) is 0 Å². The highest BCUT2D eigenvalue weighted by Crippen LogP contribution is 2.30. The van der Waals surface area contributed by atoms with Gasteiger partial charge in [0.05, 0.1) is 16.6 Å². The summed E-state index contributed by atoms with van der Waals surface area (Å²) in [6, 6.07) is 3.41. The largest absolute Gasteiger partial charge is 0.416 e. The van der Waals surface area contributed by atoms with Gasteiger partial charge >= 0.3 is 6.18 Å². The van der Waals surface area contributed by atoms with Crippen LogP contribution in [0.2, 0.25) is 0 Å². The molecule has 3 rings (SSSR count). The van der Waals surface area contributed by atoms with Gasteiger partial charge in [-0.2, -0.15) is 18.3 Å². The number of alkyl halides is 3. The molecule has 0 saturated carbocycles. The van der Waals surface area contributed by atoms with Crippen molar-refractivity contribution in [1.29, 1.82) is 0 Å². The van der Waals surface area contributed by atoms with E-state index in [1.54, 1.807) is 0 Å². The summed E-state index contributed by atoms with van der Waals surface area (Å²) in [5.41, 5.74) is 0.143. The van der Waals surface area contributed by atoms with Crippen LogP contribution in [0.4, 0.5) is 13.2 Å². The molecule has 0 aliphatic rings. The highest BCUT2D eigenvalue weighted by Gasteiger charge is 2.30. The van der Waals surface area contributed by atoms with Gasteiger partial charge in [-0.05, 0) is 18.2 Å². The predicted molar refractivity (Wildman–Crippen MR) is 60.2 cm³/mol. The topological polar surface area (TPSA) is 59.4 Å². The molecule has 98 valence electrons. The van der Waals surface area contributed by atoms with E-state index < -0.39 is 11.7 Å². The number of nitrogens with one attached hydrogen (secondary N) is 1. The zero-order valence-electron chi connectivity index (χ0n) is 9.52. The molecule has 8 heteroatoms. The second-order valence-corrected chi connectivity index (χ2v) is 4.01. The van der Waals surface area contributed by atoms with Crippen molar-refractivity contribution in [3.05, 3.63) is 42.2 Å². The van der Waals surface area contributed by atoms with Gasteiger partial charge in [0.25, 0.3) is 0 Å². The summed E-state index contributed by atoms with van der Waals surface area (Å²) in [5.74, 6) is 0.528. The fraction of sp³-hybridized carbons (Fsp3) is 0.182. The average molecular weight is 267 g/mol. The number of halogens is 3. The molecule has 0 aliphatic carbocycles. The van der Waals surface area contributed by atoms with E-state index in [1.165, 1.54) is 23.4 Å². The number of nitrogens with zero attached hydrogens (tertiary/aromatic N) is 4. The second-order valence-electron chi connectivity index (χ2n) is 4.01. The molecule has 0 unspecified atom stereocenters. The Morgan fingerprint density at radius 1 is 1.26 bits per heavy atom. The van der Waals surface area contributed by atoms with Crippen LogP contribution < -0.4 is 0 Å². The van der Waals surface area contributed by atoms with Crippen molar-refractivity contribution in [1.82, 2.24) is 24.7 Å². The standard InChI is InChI=1S/C11H8F3N5/c12-11(13,14)7-1-2-8-9(3-7)18-10(17-8)4-19-6-15-5-16-19/h1-3,5-6H,4H2,(H,17,18). The lowest BCUT2D eigenvalue weighted by Gasteiger charge is -2.05. The number of hydrogen-bond acceptors (Lipinski definition) is 3. The molecule has 1 aromatic carbocycles. The first-order valence-corrected chi connectivity index (χ1v) is 5.40. The molecule has 5 nitrogen and oxygen atoms in total. The van der Waals surface area contributed by atoms with Gasteiger partial charge in [-0.15, -0.1) is 0 Å². The number of imidazole rings is 1. The van der Waals surface area contributed by atoms with Gasteiger partial charge in [-0.3, -0.25) is 0 Å². The van der Waals surface area contributed by atoms with E-state index in [0.717, 1.165) is 12.1 Å². The molecule has 1 N–H and O–H groups in total. The van der Waals surface area contributed by atoms with Crippen LogP contribution >= 0.6 is 0 Å². The van der Waals surface area contributed by atoms with E-state index in [0.29, 0.717) is 23.4 Å². The third-order valence-electron chi connectivity index (χ3n) is 2.64. The highest BCUT2D eigenvalue weighted by molar-refractivity contribution is 5.76. The molecular weight excluding hydrogens is 259 g/mol. The Kier molecular flexibility index (Phi) is 2.51. The molecular formula is C11H8F3N5. The first-order valence-electron chi connectivity index (χ1n) is 5.40. The van der Waals surface area contributed by atoms with Crippen LogP contribution in [0.25, 0.3) is 11.0 Å². The maximum atomic E-state index is 12.6. The Morgan fingerprint density at radius 3 is 2.79 bits per heavy atom. The molecule has 0 saturated heterocycles.